The minimum atomic E-state index is -0.0174. The molecule has 0 radical (unpaired) electrons. The molecule has 1 heterocycles. The van der Waals surface area contributed by atoms with Crippen molar-refractivity contribution < 1.29 is 4.79 Å². The van der Waals surface area contributed by atoms with E-state index in [1.54, 1.807) is 13.2 Å². The van der Waals surface area contributed by atoms with Crippen LogP contribution in [-0.2, 0) is 7.05 Å². The number of rotatable bonds is 2. The Balaban J connectivity index is 2.21. The lowest BCUT2D eigenvalue weighted by Gasteiger charge is -2.40. The smallest absolute Gasteiger partial charge is 0.259 e. The van der Waals surface area contributed by atoms with Crippen LogP contribution < -0.4 is 5.73 Å². The predicted molar refractivity (Wildman–Crippen MR) is 75.7 cm³/mol. The maximum Gasteiger partial charge on any atom is 0.259 e. The first-order valence-electron chi connectivity index (χ1n) is 6.98. The fraction of sp³-hybridized carbons (Fsp3) is 0.714. The van der Waals surface area contributed by atoms with Gasteiger partial charge in [-0.05, 0) is 24.7 Å². The molecular formula is C14H24N4O. The molecule has 2 N–H and O–H groups in total. The van der Waals surface area contributed by atoms with E-state index < -0.39 is 0 Å². The third-order valence-electron chi connectivity index (χ3n) is 4.47. The Morgan fingerprint density at radius 1 is 1.42 bits per heavy atom. The number of carbonyl (C=O) groups excluding carboxylic acids is 1. The Kier molecular flexibility index (Phi) is 3.83. The Labute approximate surface area is 114 Å². The van der Waals surface area contributed by atoms with Crippen LogP contribution in [0.2, 0.25) is 0 Å². The molecule has 0 aliphatic heterocycles. The number of carbonyl (C=O) groups is 1. The van der Waals surface area contributed by atoms with Gasteiger partial charge in [0.2, 0.25) is 0 Å². The highest BCUT2D eigenvalue weighted by atomic mass is 16.2. The fourth-order valence-electron chi connectivity index (χ4n) is 3.36. The van der Waals surface area contributed by atoms with E-state index in [1.165, 1.54) is 23.9 Å². The van der Waals surface area contributed by atoms with Crippen molar-refractivity contribution in [3.63, 3.8) is 0 Å². The Morgan fingerprint density at radius 3 is 2.47 bits per heavy atom. The first-order valence-corrected chi connectivity index (χ1v) is 6.98. The van der Waals surface area contributed by atoms with Gasteiger partial charge >= 0.3 is 0 Å². The largest absolute Gasteiger partial charge is 0.383 e. The van der Waals surface area contributed by atoms with E-state index in [2.05, 4.69) is 18.9 Å². The third-order valence-corrected chi connectivity index (χ3v) is 4.47. The summed E-state index contributed by atoms with van der Waals surface area (Å²) in [6.07, 6.45) is 5.20. The highest BCUT2D eigenvalue weighted by Crippen LogP contribution is 2.33. The van der Waals surface area contributed by atoms with Crippen LogP contribution in [0.5, 0.6) is 0 Å². The van der Waals surface area contributed by atoms with Crippen LogP contribution >= 0.6 is 0 Å². The molecule has 1 aliphatic rings. The number of hydrogen-bond donors (Lipinski definition) is 1. The summed E-state index contributed by atoms with van der Waals surface area (Å²) in [5, 5.41) is 4.05. The summed E-state index contributed by atoms with van der Waals surface area (Å²) in [7, 11) is 3.63. The zero-order chi connectivity index (χ0) is 14.2. The van der Waals surface area contributed by atoms with E-state index in [-0.39, 0.29) is 5.91 Å². The van der Waals surface area contributed by atoms with E-state index in [0.717, 1.165) is 0 Å². The molecule has 0 saturated heterocycles. The summed E-state index contributed by atoms with van der Waals surface area (Å²) >= 11 is 0. The van der Waals surface area contributed by atoms with Crippen molar-refractivity contribution in [2.24, 2.45) is 18.9 Å². The summed E-state index contributed by atoms with van der Waals surface area (Å²) in [6.45, 7) is 4.47. The molecule has 1 aliphatic carbocycles. The summed E-state index contributed by atoms with van der Waals surface area (Å²) in [4.78, 5) is 14.4. The van der Waals surface area contributed by atoms with Gasteiger partial charge in [0.1, 0.15) is 11.4 Å². The molecule has 5 heteroatoms. The second-order valence-electron chi connectivity index (χ2n) is 5.86. The summed E-state index contributed by atoms with van der Waals surface area (Å²) in [5.41, 5.74) is 6.40. The zero-order valence-electron chi connectivity index (χ0n) is 12.3. The second kappa shape index (κ2) is 5.23. The average molecular weight is 264 g/mol. The van der Waals surface area contributed by atoms with Crippen molar-refractivity contribution in [2.75, 3.05) is 12.8 Å². The SMILES string of the molecule is C[C@@H]1CCC[C@@H](C)C1N(C)C(=O)c1cnn(C)c1N. The first-order chi connectivity index (χ1) is 8.93. The lowest BCUT2D eigenvalue weighted by molar-refractivity contribution is 0.0519. The molecule has 1 amide bonds. The van der Waals surface area contributed by atoms with Crippen molar-refractivity contribution >= 4 is 11.7 Å². The fourth-order valence-corrected chi connectivity index (χ4v) is 3.36. The topological polar surface area (TPSA) is 64.2 Å². The summed E-state index contributed by atoms with van der Waals surface area (Å²) < 4.78 is 1.54. The number of aryl methyl sites for hydroxylation is 1. The van der Waals surface area contributed by atoms with E-state index >= 15 is 0 Å². The molecule has 5 nitrogen and oxygen atoms in total. The number of aromatic nitrogens is 2. The molecular weight excluding hydrogens is 240 g/mol. The van der Waals surface area contributed by atoms with Crippen LogP contribution in [0.3, 0.4) is 0 Å². The number of amides is 1. The van der Waals surface area contributed by atoms with Crippen LogP contribution in [0, 0.1) is 11.8 Å². The van der Waals surface area contributed by atoms with Crippen molar-refractivity contribution in [3.05, 3.63) is 11.8 Å². The van der Waals surface area contributed by atoms with Gasteiger partial charge in [-0.2, -0.15) is 5.10 Å². The van der Waals surface area contributed by atoms with Crippen molar-refractivity contribution in [1.29, 1.82) is 0 Å². The Bertz CT molecular complexity index is 458. The average Bonchev–Trinajstić information content (AvgIpc) is 2.69. The molecule has 1 aromatic rings. The number of nitrogen functional groups attached to an aromatic ring is 1. The lowest BCUT2D eigenvalue weighted by Crippen LogP contribution is -2.47. The van der Waals surface area contributed by atoms with E-state index in [1.807, 2.05) is 11.9 Å². The van der Waals surface area contributed by atoms with Gasteiger partial charge in [0.15, 0.2) is 0 Å². The van der Waals surface area contributed by atoms with E-state index in [0.29, 0.717) is 29.3 Å². The molecule has 2 atom stereocenters. The molecule has 1 aromatic heterocycles. The number of nitrogens with two attached hydrogens (primary N) is 1. The minimum absolute atomic E-state index is 0.0174. The third kappa shape index (κ3) is 2.46. The highest BCUT2D eigenvalue weighted by molar-refractivity contribution is 5.98. The summed E-state index contributed by atoms with van der Waals surface area (Å²) in [5.74, 6) is 1.50. The Hall–Kier alpha value is -1.52. The van der Waals surface area contributed by atoms with Gasteiger partial charge in [0.05, 0.1) is 6.20 Å². The zero-order valence-corrected chi connectivity index (χ0v) is 12.3. The molecule has 0 spiro atoms. The number of anilines is 1. The molecule has 1 saturated carbocycles. The molecule has 106 valence electrons. The standard InChI is InChI=1S/C14H24N4O/c1-9-6-5-7-10(2)12(9)17(3)14(19)11-8-16-18(4)13(11)15/h8-10,12H,5-7,15H2,1-4H3/t9-,10-/m1/s1. The Morgan fingerprint density at radius 2 is 2.00 bits per heavy atom. The molecule has 0 unspecified atom stereocenters. The lowest BCUT2D eigenvalue weighted by atomic mass is 9.78. The van der Waals surface area contributed by atoms with Gasteiger partial charge < -0.3 is 10.6 Å². The maximum atomic E-state index is 12.6. The van der Waals surface area contributed by atoms with E-state index in [4.69, 9.17) is 5.73 Å². The van der Waals surface area contributed by atoms with Gasteiger partial charge in [0, 0.05) is 20.1 Å². The molecule has 0 bridgehead atoms. The van der Waals surface area contributed by atoms with Gasteiger partial charge in [-0.15, -0.1) is 0 Å². The maximum absolute atomic E-state index is 12.6. The van der Waals surface area contributed by atoms with Gasteiger partial charge in [-0.1, -0.05) is 20.3 Å². The second-order valence-corrected chi connectivity index (χ2v) is 5.86. The van der Waals surface area contributed by atoms with E-state index in [9.17, 15) is 4.79 Å². The molecule has 19 heavy (non-hydrogen) atoms. The van der Waals surface area contributed by atoms with Crippen LogP contribution in [0.15, 0.2) is 6.20 Å². The highest BCUT2D eigenvalue weighted by Gasteiger charge is 2.34. The van der Waals surface area contributed by atoms with Crippen molar-refractivity contribution in [3.8, 4) is 0 Å². The van der Waals surface area contributed by atoms with Gasteiger partial charge in [-0.3, -0.25) is 9.48 Å². The number of hydrogen-bond acceptors (Lipinski definition) is 3. The van der Waals surface area contributed by atoms with Gasteiger partial charge in [0.25, 0.3) is 5.91 Å². The van der Waals surface area contributed by atoms with Crippen LogP contribution in [-0.4, -0.2) is 33.7 Å². The summed E-state index contributed by atoms with van der Waals surface area (Å²) in [6, 6.07) is 0.292. The van der Waals surface area contributed by atoms with Crippen molar-refractivity contribution in [1.82, 2.24) is 14.7 Å². The van der Waals surface area contributed by atoms with Crippen LogP contribution in [0.4, 0.5) is 5.82 Å². The van der Waals surface area contributed by atoms with Crippen LogP contribution in [0.1, 0.15) is 43.5 Å². The molecule has 0 aromatic carbocycles. The van der Waals surface area contributed by atoms with Crippen molar-refractivity contribution in [2.45, 2.75) is 39.2 Å². The number of nitrogens with zero attached hydrogens (tertiary/aromatic N) is 3. The van der Waals surface area contributed by atoms with Gasteiger partial charge in [-0.25, -0.2) is 0 Å². The monoisotopic (exact) mass is 264 g/mol. The predicted octanol–water partition coefficient (Wildman–Crippen LogP) is 1.90. The molecule has 2 rings (SSSR count). The molecule has 1 fully saturated rings. The normalized spacial score (nSPS) is 24.4. The first kappa shape index (κ1) is 13.9. The quantitative estimate of drug-likeness (QED) is 0.887. The van der Waals surface area contributed by atoms with Crippen LogP contribution in [0.25, 0.3) is 0 Å². The minimum Gasteiger partial charge on any atom is -0.383 e.